The van der Waals surface area contributed by atoms with Gasteiger partial charge in [-0.05, 0) is 12.8 Å². The standard InChI is InChI=1S/C9H13F3O2/c1-2-7(13)14-9(12)6-4-3-5-8(9,10)11/h2-6H2,1H3. The number of hydrogen-bond donors (Lipinski definition) is 0. The van der Waals surface area contributed by atoms with Crippen molar-refractivity contribution in [2.45, 2.75) is 50.8 Å². The number of rotatable bonds is 2. The van der Waals surface area contributed by atoms with Gasteiger partial charge in [-0.15, -0.1) is 0 Å². The van der Waals surface area contributed by atoms with Gasteiger partial charge >= 0.3 is 17.7 Å². The second-order valence-electron chi connectivity index (χ2n) is 3.47. The summed E-state index contributed by atoms with van der Waals surface area (Å²) < 4.78 is 44.0. The second kappa shape index (κ2) is 3.79. The highest BCUT2D eigenvalue weighted by atomic mass is 19.3. The Balaban J connectivity index is 2.73. The summed E-state index contributed by atoms with van der Waals surface area (Å²) in [6.07, 6.45) is -0.473. The summed E-state index contributed by atoms with van der Waals surface area (Å²) in [5.74, 6) is -7.55. The molecule has 1 rings (SSSR count). The molecule has 1 saturated carbocycles. The molecule has 0 aromatic heterocycles. The average Bonchev–Trinajstić information content (AvgIpc) is 2.10. The highest BCUT2D eigenvalue weighted by Gasteiger charge is 2.59. The van der Waals surface area contributed by atoms with Crippen LogP contribution in [-0.4, -0.2) is 17.7 Å². The maximum absolute atomic E-state index is 13.6. The van der Waals surface area contributed by atoms with Gasteiger partial charge in [-0.1, -0.05) is 6.92 Å². The van der Waals surface area contributed by atoms with Crippen molar-refractivity contribution in [2.24, 2.45) is 0 Å². The predicted molar refractivity (Wildman–Crippen MR) is 43.6 cm³/mol. The molecule has 1 unspecified atom stereocenters. The Kier molecular flexibility index (Phi) is 3.07. The fourth-order valence-corrected chi connectivity index (χ4v) is 1.45. The van der Waals surface area contributed by atoms with E-state index in [0.29, 0.717) is 6.42 Å². The minimum atomic E-state index is -3.55. The number of esters is 1. The Bertz CT molecular complexity index is 230. The molecule has 14 heavy (non-hydrogen) atoms. The van der Waals surface area contributed by atoms with Crippen LogP contribution >= 0.6 is 0 Å². The van der Waals surface area contributed by atoms with Gasteiger partial charge in [-0.25, -0.2) is 0 Å². The van der Waals surface area contributed by atoms with Crippen molar-refractivity contribution in [3.8, 4) is 0 Å². The van der Waals surface area contributed by atoms with Crippen molar-refractivity contribution >= 4 is 5.97 Å². The maximum atomic E-state index is 13.6. The summed E-state index contributed by atoms with van der Waals surface area (Å²) in [6.45, 7) is 1.44. The topological polar surface area (TPSA) is 26.3 Å². The highest BCUT2D eigenvalue weighted by molar-refractivity contribution is 5.69. The zero-order valence-corrected chi connectivity index (χ0v) is 7.99. The first kappa shape index (κ1) is 11.3. The van der Waals surface area contributed by atoms with Crippen LogP contribution in [0.2, 0.25) is 0 Å². The first-order valence-corrected chi connectivity index (χ1v) is 4.70. The molecule has 0 aromatic rings. The average molecular weight is 210 g/mol. The van der Waals surface area contributed by atoms with E-state index in [1.807, 2.05) is 0 Å². The lowest BCUT2D eigenvalue weighted by Crippen LogP contribution is -2.50. The molecule has 0 amide bonds. The monoisotopic (exact) mass is 210 g/mol. The van der Waals surface area contributed by atoms with E-state index in [4.69, 9.17) is 0 Å². The maximum Gasteiger partial charge on any atom is 0.316 e. The van der Waals surface area contributed by atoms with Gasteiger partial charge in [0.15, 0.2) is 0 Å². The molecular formula is C9H13F3O2. The van der Waals surface area contributed by atoms with Crippen molar-refractivity contribution in [1.29, 1.82) is 0 Å². The van der Waals surface area contributed by atoms with Gasteiger partial charge in [0.1, 0.15) is 0 Å². The molecule has 82 valence electrons. The number of alkyl halides is 3. The molecule has 0 radical (unpaired) electrons. The Hall–Kier alpha value is -0.740. The molecule has 0 spiro atoms. The molecule has 0 bridgehead atoms. The Morgan fingerprint density at radius 2 is 1.86 bits per heavy atom. The fourth-order valence-electron chi connectivity index (χ4n) is 1.45. The number of carbonyl (C=O) groups excluding carboxylic acids is 1. The second-order valence-corrected chi connectivity index (χ2v) is 3.47. The summed E-state index contributed by atoms with van der Waals surface area (Å²) in [7, 11) is 0. The van der Waals surface area contributed by atoms with E-state index in [1.54, 1.807) is 0 Å². The summed E-state index contributed by atoms with van der Waals surface area (Å²) in [5, 5.41) is 0. The minimum absolute atomic E-state index is 0.0955. The lowest BCUT2D eigenvalue weighted by molar-refractivity contribution is -0.281. The first-order valence-electron chi connectivity index (χ1n) is 4.70. The quantitative estimate of drug-likeness (QED) is 0.655. The van der Waals surface area contributed by atoms with E-state index in [9.17, 15) is 18.0 Å². The van der Waals surface area contributed by atoms with Crippen molar-refractivity contribution in [1.82, 2.24) is 0 Å². The molecular weight excluding hydrogens is 197 g/mol. The van der Waals surface area contributed by atoms with Gasteiger partial charge in [0.25, 0.3) is 0 Å². The molecule has 1 fully saturated rings. The normalized spacial score (nSPS) is 31.1. The lowest BCUT2D eigenvalue weighted by Gasteiger charge is -2.36. The van der Waals surface area contributed by atoms with Crippen molar-refractivity contribution in [2.75, 3.05) is 0 Å². The first-order chi connectivity index (χ1) is 6.41. The van der Waals surface area contributed by atoms with Crippen LogP contribution in [0.4, 0.5) is 13.2 Å². The molecule has 0 N–H and O–H groups in total. The van der Waals surface area contributed by atoms with E-state index < -0.39 is 30.6 Å². The van der Waals surface area contributed by atoms with Gasteiger partial charge in [0.2, 0.25) is 0 Å². The van der Waals surface area contributed by atoms with Crippen LogP contribution in [0.5, 0.6) is 0 Å². The largest absolute Gasteiger partial charge is 0.422 e. The van der Waals surface area contributed by atoms with E-state index in [1.165, 1.54) is 6.92 Å². The summed E-state index contributed by atoms with van der Waals surface area (Å²) in [5.41, 5.74) is 0. The summed E-state index contributed by atoms with van der Waals surface area (Å²) in [6, 6.07) is 0. The van der Waals surface area contributed by atoms with Gasteiger partial charge in [-0.2, -0.15) is 13.2 Å². The van der Waals surface area contributed by atoms with Crippen LogP contribution in [0.25, 0.3) is 0 Å². The fraction of sp³-hybridized carbons (Fsp3) is 0.889. The molecule has 2 nitrogen and oxygen atoms in total. The lowest BCUT2D eigenvalue weighted by atomic mass is 9.91. The third-order valence-corrected chi connectivity index (χ3v) is 2.35. The van der Waals surface area contributed by atoms with Crippen molar-refractivity contribution in [3.05, 3.63) is 0 Å². The van der Waals surface area contributed by atoms with Gasteiger partial charge < -0.3 is 4.74 Å². The number of hydrogen-bond acceptors (Lipinski definition) is 2. The zero-order chi connectivity index (χ0) is 10.8. The molecule has 1 atom stereocenters. The van der Waals surface area contributed by atoms with E-state index in [-0.39, 0.29) is 12.8 Å². The van der Waals surface area contributed by atoms with Crippen LogP contribution in [-0.2, 0) is 9.53 Å². The molecule has 1 aliphatic rings. The Labute approximate surface area is 80.4 Å². The summed E-state index contributed by atoms with van der Waals surface area (Å²) in [4.78, 5) is 10.8. The molecule has 0 heterocycles. The molecule has 0 saturated heterocycles. The van der Waals surface area contributed by atoms with Gasteiger partial charge in [-0.3, -0.25) is 4.79 Å². The number of carbonyl (C=O) groups is 1. The highest BCUT2D eigenvalue weighted by Crippen LogP contribution is 2.45. The van der Waals surface area contributed by atoms with Crippen molar-refractivity contribution in [3.63, 3.8) is 0 Å². The Morgan fingerprint density at radius 3 is 2.36 bits per heavy atom. The molecule has 1 aliphatic carbocycles. The van der Waals surface area contributed by atoms with Crippen molar-refractivity contribution < 1.29 is 22.7 Å². The van der Waals surface area contributed by atoms with Gasteiger partial charge in [0, 0.05) is 19.3 Å². The predicted octanol–water partition coefficient (Wildman–Crippen LogP) is 2.81. The van der Waals surface area contributed by atoms with Crippen LogP contribution < -0.4 is 0 Å². The van der Waals surface area contributed by atoms with Crippen LogP contribution in [0.1, 0.15) is 39.0 Å². The third kappa shape index (κ3) is 2.01. The van der Waals surface area contributed by atoms with Crippen LogP contribution in [0.3, 0.4) is 0 Å². The Morgan fingerprint density at radius 1 is 1.29 bits per heavy atom. The minimum Gasteiger partial charge on any atom is -0.422 e. The van der Waals surface area contributed by atoms with E-state index in [2.05, 4.69) is 4.74 Å². The molecule has 5 heteroatoms. The van der Waals surface area contributed by atoms with E-state index in [0.717, 1.165) is 0 Å². The van der Waals surface area contributed by atoms with Crippen LogP contribution in [0.15, 0.2) is 0 Å². The molecule has 0 aliphatic heterocycles. The smallest absolute Gasteiger partial charge is 0.316 e. The van der Waals surface area contributed by atoms with E-state index >= 15 is 0 Å². The van der Waals surface area contributed by atoms with Gasteiger partial charge in [0.05, 0.1) is 0 Å². The number of halogens is 3. The van der Waals surface area contributed by atoms with Crippen LogP contribution in [0, 0.1) is 0 Å². The summed E-state index contributed by atoms with van der Waals surface area (Å²) >= 11 is 0. The zero-order valence-electron chi connectivity index (χ0n) is 7.99. The SMILES string of the molecule is CCC(=O)OC1(F)CCCCC1(F)F. The molecule has 0 aromatic carbocycles. The number of ether oxygens (including phenoxy) is 1. The third-order valence-electron chi connectivity index (χ3n) is 2.35.